The fourth-order valence-electron chi connectivity index (χ4n) is 3.82. The number of carbonyl (C=O) groups is 2. The number of nitrogens with zero attached hydrogens (tertiary/aromatic N) is 2. The van der Waals surface area contributed by atoms with E-state index in [4.69, 9.17) is 0 Å². The summed E-state index contributed by atoms with van der Waals surface area (Å²) in [6.45, 7) is 6.43. The topological polar surface area (TPSA) is 95.0 Å². The lowest BCUT2D eigenvalue weighted by atomic mass is 9.76. The molecule has 0 radical (unpaired) electrons. The number of amides is 1. The molecule has 1 N–H and O–H groups in total. The molecular weight excluding hydrogens is 332 g/mol. The first-order chi connectivity index (χ1) is 11.2. The lowest BCUT2D eigenvalue weighted by molar-refractivity contribution is -0.151. The molecule has 2 rings (SSSR count). The lowest BCUT2D eigenvalue weighted by Gasteiger charge is -2.31. The lowest BCUT2D eigenvalue weighted by Crippen LogP contribution is -2.49. The van der Waals surface area contributed by atoms with Crippen LogP contribution in [-0.2, 0) is 19.6 Å². The first kappa shape index (κ1) is 19.2. The summed E-state index contributed by atoms with van der Waals surface area (Å²) in [5.41, 5.74) is -0.929. The number of sulfonamides is 1. The molecule has 138 valence electrons. The van der Waals surface area contributed by atoms with Gasteiger partial charge < -0.3 is 10.0 Å². The van der Waals surface area contributed by atoms with Crippen LogP contribution < -0.4 is 0 Å². The number of rotatable bonds is 6. The van der Waals surface area contributed by atoms with Crippen LogP contribution >= 0.6 is 0 Å². The van der Waals surface area contributed by atoms with Gasteiger partial charge >= 0.3 is 5.97 Å². The van der Waals surface area contributed by atoms with Gasteiger partial charge in [-0.1, -0.05) is 20.8 Å². The summed E-state index contributed by atoms with van der Waals surface area (Å²) in [6.07, 6.45) is 2.11. The van der Waals surface area contributed by atoms with Crippen molar-refractivity contribution in [3.8, 4) is 0 Å². The van der Waals surface area contributed by atoms with Gasteiger partial charge in [-0.3, -0.25) is 9.59 Å². The molecule has 2 fully saturated rings. The number of aliphatic carboxylic acids is 1. The van der Waals surface area contributed by atoms with Crippen molar-refractivity contribution in [3.63, 3.8) is 0 Å². The zero-order chi connectivity index (χ0) is 18.1. The standard InChI is InChI=1S/C16H28N2O5S/c1-4-10-24(22,23)18-8-5-6-13(18)14(19)17-9-7-16(11-17,12(2)3)15(20)21/h12-13H,4-11H2,1-3H3,(H,20,21). The zero-order valence-electron chi connectivity index (χ0n) is 14.7. The molecule has 2 atom stereocenters. The van der Waals surface area contributed by atoms with E-state index in [2.05, 4.69) is 0 Å². The average Bonchev–Trinajstić information content (AvgIpc) is 3.14. The molecule has 1 amide bonds. The van der Waals surface area contributed by atoms with Gasteiger partial charge in [0.1, 0.15) is 6.04 Å². The maximum absolute atomic E-state index is 12.9. The highest BCUT2D eigenvalue weighted by atomic mass is 32.2. The van der Waals surface area contributed by atoms with Crippen molar-refractivity contribution in [2.75, 3.05) is 25.4 Å². The van der Waals surface area contributed by atoms with Gasteiger partial charge in [0.25, 0.3) is 0 Å². The summed E-state index contributed by atoms with van der Waals surface area (Å²) in [6, 6.07) is -0.668. The Labute approximate surface area is 144 Å². The van der Waals surface area contributed by atoms with Crippen LogP contribution in [-0.4, -0.2) is 66.0 Å². The third-order valence-electron chi connectivity index (χ3n) is 5.45. The molecule has 0 bridgehead atoms. The Kier molecular flexibility index (Phi) is 5.59. The SMILES string of the molecule is CCCS(=O)(=O)N1CCCC1C(=O)N1CCC(C(=O)O)(C(C)C)C1. The predicted molar refractivity (Wildman–Crippen MR) is 89.9 cm³/mol. The van der Waals surface area contributed by atoms with Gasteiger partial charge in [-0.25, -0.2) is 8.42 Å². The maximum Gasteiger partial charge on any atom is 0.311 e. The quantitative estimate of drug-likeness (QED) is 0.767. The Hall–Kier alpha value is -1.15. The Balaban J connectivity index is 2.16. The summed E-state index contributed by atoms with van der Waals surface area (Å²) in [5, 5.41) is 9.61. The predicted octanol–water partition coefficient (Wildman–Crippen LogP) is 1.15. The minimum absolute atomic E-state index is 0.0435. The monoisotopic (exact) mass is 360 g/mol. The fraction of sp³-hybridized carbons (Fsp3) is 0.875. The minimum Gasteiger partial charge on any atom is -0.481 e. The van der Waals surface area contributed by atoms with Crippen molar-refractivity contribution >= 4 is 21.9 Å². The van der Waals surface area contributed by atoms with Crippen molar-refractivity contribution in [3.05, 3.63) is 0 Å². The van der Waals surface area contributed by atoms with Crippen molar-refractivity contribution in [2.24, 2.45) is 11.3 Å². The van der Waals surface area contributed by atoms with Gasteiger partial charge in [-0.05, 0) is 31.6 Å². The molecule has 2 heterocycles. The van der Waals surface area contributed by atoms with Crippen LogP contribution in [0.25, 0.3) is 0 Å². The maximum atomic E-state index is 12.9. The van der Waals surface area contributed by atoms with Crippen molar-refractivity contribution in [1.82, 2.24) is 9.21 Å². The summed E-state index contributed by atoms with van der Waals surface area (Å²) < 4.78 is 26.1. The third kappa shape index (κ3) is 3.31. The molecule has 2 aliphatic rings. The van der Waals surface area contributed by atoms with Crippen LogP contribution in [0.4, 0.5) is 0 Å². The average molecular weight is 360 g/mol. The first-order valence-corrected chi connectivity index (χ1v) is 10.3. The number of carboxylic acids is 1. The van der Waals surface area contributed by atoms with E-state index >= 15 is 0 Å². The third-order valence-corrected chi connectivity index (χ3v) is 7.53. The summed E-state index contributed by atoms with van der Waals surface area (Å²) in [5.74, 6) is -1.16. The summed E-state index contributed by atoms with van der Waals surface area (Å²) in [7, 11) is -3.43. The summed E-state index contributed by atoms with van der Waals surface area (Å²) >= 11 is 0. The van der Waals surface area contributed by atoms with Crippen molar-refractivity contribution in [1.29, 1.82) is 0 Å². The van der Waals surface area contributed by atoms with Crippen LogP contribution in [0, 0.1) is 11.3 Å². The van der Waals surface area contributed by atoms with E-state index in [0.717, 1.165) is 0 Å². The molecule has 0 aromatic heterocycles. The molecule has 0 aromatic carbocycles. The molecule has 0 saturated carbocycles. The van der Waals surface area contributed by atoms with Crippen LogP contribution in [0.1, 0.15) is 46.5 Å². The summed E-state index contributed by atoms with van der Waals surface area (Å²) in [4.78, 5) is 26.1. The van der Waals surface area contributed by atoms with E-state index in [1.54, 1.807) is 11.8 Å². The smallest absolute Gasteiger partial charge is 0.311 e. The molecule has 2 unspecified atom stereocenters. The zero-order valence-corrected chi connectivity index (χ0v) is 15.5. The fourth-order valence-corrected chi connectivity index (χ4v) is 5.56. The van der Waals surface area contributed by atoms with E-state index in [9.17, 15) is 23.1 Å². The molecule has 24 heavy (non-hydrogen) atoms. The highest BCUT2D eigenvalue weighted by Gasteiger charge is 2.50. The second-order valence-electron chi connectivity index (χ2n) is 7.21. The molecule has 0 spiro atoms. The van der Waals surface area contributed by atoms with Gasteiger partial charge in [0.15, 0.2) is 0 Å². The largest absolute Gasteiger partial charge is 0.481 e. The highest BCUT2D eigenvalue weighted by Crippen LogP contribution is 2.39. The van der Waals surface area contributed by atoms with Gasteiger partial charge in [0.05, 0.1) is 11.2 Å². The van der Waals surface area contributed by atoms with E-state index in [1.807, 2.05) is 13.8 Å². The van der Waals surface area contributed by atoms with Crippen LogP contribution in [0.2, 0.25) is 0 Å². The Bertz CT molecular complexity index is 604. The molecule has 2 saturated heterocycles. The van der Waals surface area contributed by atoms with Crippen molar-refractivity contribution < 1.29 is 23.1 Å². The van der Waals surface area contributed by atoms with Crippen LogP contribution in [0.15, 0.2) is 0 Å². The van der Waals surface area contributed by atoms with Gasteiger partial charge in [0.2, 0.25) is 15.9 Å². The van der Waals surface area contributed by atoms with E-state index < -0.39 is 27.4 Å². The second-order valence-corrected chi connectivity index (χ2v) is 9.25. The van der Waals surface area contributed by atoms with Crippen LogP contribution in [0.5, 0.6) is 0 Å². The number of carboxylic acid groups (broad SMARTS) is 1. The number of carbonyl (C=O) groups excluding carboxylic acids is 1. The number of likely N-dealkylation sites (tertiary alicyclic amines) is 1. The normalized spacial score (nSPS) is 28.7. The molecule has 0 aromatic rings. The second kappa shape index (κ2) is 7.00. The van der Waals surface area contributed by atoms with Crippen molar-refractivity contribution in [2.45, 2.75) is 52.5 Å². The molecule has 8 heteroatoms. The molecule has 0 aliphatic carbocycles. The minimum atomic E-state index is -3.43. The van der Waals surface area contributed by atoms with E-state index in [-0.39, 0.29) is 24.1 Å². The van der Waals surface area contributed by atoms with Gasteiger partial charge in [0, 0.05) is 19.6 Å². The molecule has 7 nitrogen and oxygen atoms in total. The Morgan fingerprint density at radius 3 is 2.46 bits per heavy atom. The Morgan fingerprint density at radius 1 is 1.29 bits per heavy atom. The number of hydrogen-bond donors (Lipinski definition) is 1. The molecule has 2 aliphatic heterocycles. The van der Waals surface area contributed by atoms with Gasteiger partial charge in [-0.2, -0.15) is 4.31 Å². The van der Waals surface area contributed by atoms with Gasteiger partial charge in [-0.15, -0.1) is 0 Å². The van der Waals surface area contributed by atoms with E-state index in [0.29, 0.717) is 38.8 Å². The van der Waals surface area contributed by atoms with Crippen LogP contribution in [0.3, 0.4) is 0 Å². The highest BCUT2D eigenvalue weighted by molar-refractivity contribution is 7.89. The number of hydrogen-bond acceptors (Lipinski definition) is 4. The molecular formula is C16H28N2O5S. The first-order valence-electron chi connectivity index (χ1n) is 8.67. The van der Waals surface area contributed by atoms with E-state index in [1.165, 1.54) is 4.31 Å². The Morgan fingerprint density at radius 2 is 1.96 bits per heavy atom.